The fraction of sp³-hybridized carbons (Fsp3) is 1.00. The van der Waals surface area contributed by atoms with Gasteiger partial charge in [-0.3, -0.25) is 0 Å². The van der Waals surface area contributed by atoms with Crippen molar-refractivity contribution in [2.24, 2.45) is 11.8 Å². The van der Waals surface area contributed by atoms with Crippen LogP contribution in [0.1, 0.15) is 47.0 Å². The van der Waals surface area contributed by atoms with Crippen molar-refractivity contribution < 1.29 is 0 Å². The second-order valence-electron chi connectivity index (χ2n) is 4.78. The first-order chi connectivity index (χ1) is 5.59. The van der Waals surface area contributed by atoms with E-state index in [0.29, 0.717) is 6.04 Å². The fourth-order valence-corrected chi connectivity index (χ4v) is 1.56. The standard InChI is InChI=1S/C11H23N/c1-8(2)10(4)12-9(3)7-11-5-6-11/h8-12H,5-7H2,1-4H3. The van der Waals surface area contributed by atoms with Gasteiger partial charge in [-0.25, -0.2) is 0 Å². The van der Waals surface area contributed by atoms with E-state index in [1.165, 1.54) is 19.3 Å². The smallest absolute Gasteiger partial charge is 0.00642 e. The Kier molecular flexibility index (Phi) is 3.57. The molecule has 0 aromatic heterocycles. The van der Waals surface area contributed by atoms with E-state index < -0.39 is 0 Å². The van der Waals surface area contributed by atoms with E-state index in [-0.39, 0.29) is 0 Å². The summed E-state index contributed by atoms with van der Waals surface area (Å²) in [5, 5.41) is 3.65. The topological polar surface area (TPSA) is 12.0 Å². The lowest BCUT2D eigenvalue weighted by Gasteiger charge is -2.22. The molecule has 1 nitrogen and oxygen atoms in total. The molecular weight excluding hydrogens is 146 g/mol. The molecule has 1 saturated carbocycles. The van der Waals surface area contributed by atoms with Crippen LogP contribution in [-0.4, -0.2) is 12.1 Å². The Bertz CT molecular complexity index is 127. The lowest BCUT2D eigenvalue weighted by Crippen LogP contribution is -2.37. The van der Waals surface area contributed by atoms with Gasteiger partial charge < -0.3 is 5.32 Å². The van der Waals surface area contributed by atoms with E-state index in [0.717, 1.165) is 17.9 Å². The van der Waals surface area contributed by atoms with Crippen molar-refractivity contribution in [1.82, 2.24) is 5.32 Å². The molecule has 0 aliphatic heterocycles. The molecule has 0 radical (unpaired) electrons. The molecular formula is C11H23N. The monoisotopic (exact) mass is 169 g/mol. The molecule has 0 aromatic carbocycles. The molecule has 1 fully saturated rings. The molecule has 1 aliphatic carbocycles. The zero-order chi connectivity index (χ0) is 9.14. The van der Waals surface area contributed by atoms with E-state index in [9.17, 15) is 0 Å². The maximum absolute atomic E-state index is 3.65. The highest BCUT2D eigenvalue weighted by atomic mass is 14.9. The summed E-state index contributed by atoms with van der Waals surface area (Å²) in [5.74, 6) is 1.80. The van der Waals surface area contributed by atoms with Crippen molar-refractivity contribution in [3.63, 3.8) is 0 Å². The summed E-state index contributed by atoms with van der Waals surface area (Å²) < 4.78 is 0. The number of hydrogen-bond acceptors (Lipinski definition) is 1. The average molecular weight is 169 g/mol. The van der Waals surface area contributed by atoms with Gasteiger partial charge in [-0.2, -0.15) is 0 Å². The van der Waals surface area contributed by atoms with Gasteiger partial charge in [0.25, 0.3) is 0 Å². The lowest BCUT2D eigenvalue weighted by atomic mass is 10.0. The Morgan fingerprint density at radius 2 is 1.75 bits per heavy atom. The SMILES string of the molecule is CC(CC1CC1)NC(C)C(C)C. The highest BCUT2D eigenvalue weighted by Gasteiger charge is 2.24. The van der Waals surface area contributed by atoms with Crippen LogP contribution < -0.4 is 5.32 Å². The Labute approximate surface area is 76.9 Å². The second-order valence-corrected chi connectivity index (χ2v) is 4.78. The molecule has 12 heavy (non-hydrogen) atoms. The molecule has 1 aliphatic rings. The van der Waals surface area contributed by atoms with Crippen molar-refractivity contribution in [2.45, 2.75) is 59.0 Å². The minimum absolute atomic E-state index is 0.666. The van der Waals surface area contributed by atoms with Crippen LogP contribution in [0.5, 0.6) is 0 Å². The zero-order valence-electron chi connectivity index (χ0n) is 8.93. The molecule has 0 saturated heterocycles. The Hall–Kier alpha value is -0.0400. The summed E-state index contributed by atoms with van der Waals surface area (Å²) in [5.41, 5.74) is 0. The minimum atomic E-state index is 0.666. The van der Waals surface area contributed by atoms with Crippen LogP contribution in [0.2, 0.25) is 0 Å². The summed E-state index contributed by atoms with van der Waals surface area (Å²) in [6.07, 6.45) is 4.33. The van der Waals surface area contributed by atoms with E-state index in [4.69, 9.17) is 0 Å². The maximum atomic E-state index is 3.65. The second kappa shape index (κ2) is 4.27. The number of nitrogens with one attached hydrogen (secondary N) is 1. The molecule has 1 heteroatoms. The largest absolute Gasteiger partial charge is 0.312 e. The maximum Gasteiger partial charge on any atom is 0.00642 e. The van der Waals surface area contributed by atoms with Crippen LogP contribution in [0.15, 0.2) is 0 Å². The van der Waals surface area contributed by atoms with Gasteiger partial charge in [0.15, 0.2) is 0 Å². The fourth-order valence-electron chi connectivity index (χ4n) is 1.56. The van der Waals surface area contributed by atoms with Crippen molar-refractivity contribution in [3.05, 3.63) is 0 Å². The van der Waals surface area contributed by atoms with Gasteiger partial charge >= 0.3 is 0 Å². The molecule has 0 spiro atoms. The molecule has 0 amide bonds. The first kappa shape index (κ1) is 10.0. The van der Waals surface area contributed by atoms with Gasteiger partial charge in [0.1, 0.15) is 0 Å². The van der Waals surface area contributed by atoms with Crippen molar-refractivity contribution in [2.75, 3.05) is 0 Å². The van der Waals surface area contributed by atoms with Crippen LogP contribution in [-0.2, 0) is 0 Å². The molecule has 2 unspecified atom stereocenters. The third-order valence-electron chi connectivity index (χ3n) is 2.93. The summed E-state index contributed by atoms with van der Waals surface area (Å²) in [7, 11) is 0. The molecule has 2 atom stereocenters. The Balaban J connectivity index is 2.10. The molecule has 0 bridgehead atoms. The van der Waals surface area contributed by atoms with Crippen molar-refractivity contribution in [3.8, 4) is 0 Å². The van der Waals surface area contributed by atoms with Gasteiger partial charge in [-0.1, -0.05) is 26.7 Å². The normalized spacial score (nSPS) is 22.8. The quantitative estimate of drug-likeness (QED) is 0.667. The van der Waals surface area contributed by atoms with Crippen molar-refractivity contribution in [1.29, 1.82) is 0 Å². The van der Waals surface area contributed by atoms with Gasteiger partial charge in [-0.15, -0.1) is 0 Å². The van der Waals surface area contributed by atoms with Gasteiger partial charge in [-0.05, 0) is 32.1 Å². The lowest BCUT2D eigenvalue weighted by molar-refractivity contribution is 0.364. The Morgan fingerprint density at radius 3 is 2.17 bits per heavy atom. The van der Waals surface area contributed by atoms with Gasteiger partial charge in [0.05, 0.1) is 0 Å². The van der Waals surface area contributed by atoms with Gasteiger partial charge in [0, 0.05) is 12.1 Å². The summed E-state index contributed by atoms with van der Waals surface area (Å²) in [6, 6.07) is 1.38. The summed E-state index contributed by atoms with van der Waals surface area (Å²) in [4.78, 5) is 0. The third kappa shape index (κ3) is 3.57. The zero-order valence-corrected chi connectivity index (χ0v) is 8.93. The Morgan fingerprint density at radius 1 is 1.17 bits per heavy atom. The first-order valence-electron chi connectivity index (χ1n) is 5.35. The van der Waals surface area contributed by atoms with E-state index in [1.54, 1.807) is 0 Å². The number of hydrogen-bond donors (Lipinski definition) is 1. The van der Waals surface area contributed by atoms with E-state index >= 15 is 0 Å². The van der Waals surface area contributed by atoms with Crippen LogP contribution in [0.25, 0.3) is 0 Å². The highest BCUT2D eigenvalue weighted by molar-refractivity contribution is 4.79. The van der Waals surface area contributed by atoms with Crippen LogP contribution in [0.4, 0.5) is 0 Å². The first-order valence-corrected chi connectivity index (χ1v) is 5.35. The van der Waals surface area contributed by atoms with Crippen molar-refractivity contribution >= 4 is 0 Å². The molecule has 0 heterocycles. The van der Waals surface area contributed by atoms with Crippen LogP contribution in [0, 0.1) is 11.8 Å². The number of rotatable bonds is 5. The average Bonchev–Trinajstić information content (AvgIpc) is 2.71. The third-order valence-corrected chi connectivity index (χ3v) is 2.93. The predicted molar refractivity (Wildman–Crippen MR) is 54.2 cm³/mol. The molecule has 1 rings (SSSR count). The van der Waals surface area contributed by atoms with Gasteiger partial charge in [0.2, 0.25) is 0 Å². The van der Waals surface area contributed by atoms with E-state index in [1.807, 2.05) is 0 Å². The summed E-state index contributed by atoms with van der Waals surface area (Å²) in [6.45, 7) is 9.16. The minimum Gasteiger partial charge on any atom is -0.312 e. The summed E-state index contributed by atoms with van der Waals surface area (Å²) >= 11 is 0. The molecule has 72 valence electrons. The predicted octanol–water partition coefficient (Wildman–Crippen LogP) is 2.81. The van der Waals surface area contributed by atoms with E-state index in [2.05, 4.69) is 33.0 Å². The van der Waals surface area contributed by atoms with Crippen LogP contribution >= 0.6 is 0 Å². The molecule has 0 aromatic rings. The highest BCUT2D eigenvalue weighted by Crippen LogP contribution is 2.33. The molecule has 1 N–H and O–H groups in total. The van der Waals surface area contributed by atoms with Crippen LogP contribution in [0.3, 0.4) is 0 Å².